The van der Waals surface area contributed by atoms with Crippen molar-refractivity contribution in [3.63, 3.8) is 0 Å². The third kappa shape index (κ3) is 3.64. The second kappa shape index (κ2) is 6.31. The Hall–Kier alpha value is -1.81. The van der Waals surface area contributed by atoms with Gasteiger partial charge in [0.1, 0.15) is 12.4 Å². The summed E-state index contributed by atoms with van der Waals surface area (Å²) in [6.45, 7) is 6.60. The predicted molar refractivity (Wildman–Crippen MR) is 83.3 cm³/mol. The van der Waals surface area contributed by atoms with Crippen LogP contribution in [-0.2, 0) is 19.7 Å². The van der Waals surface area contributed by atoms with Crippen molar-refractivity contribution in [2.75, 3.05) is 0 Å². The fraction of sp³-hybridized carbons (Fsp3) is 0.471. The number of imidazole rings is 1. The van der Waals surface area contributed by atoms with E-state index in [0.29, 0.717) is 12.6 Å². The van der Waals surface area contributed by atoms with Crippen molar-refractivity contribution in [1.29, 1.82) is 0 Å². The molecule has 1 aliphatic carbocycles. The van der Waals surface area contributed by atoms with Gasteiger partial charge >= 0.3 is 0 Å². The first-order chi connectivity index (χ1) is 10.3. The summed E-state index contributed by atoms with van der Waals surface area (Å²) in [6, 6.07) is 7.10. The number of aryl methyl sites for hydroxylation is 2. The van der Waals surface area contributed by atoms with Crippen LogP contribution in [0.4, 0.5) is 0 Å². The normalized spacial score (nSPS) is 14.4. The van der Waals surface area contributed by atoms with Gasteiger partial charge in [-0.2, -0.15) is 0 Å². The molecule has 1 N–H and O–H groups in total. The Morgan fingerprint density at radius 1 is 1.38 bits per heavy atom. The van der Waals surface area contributed by atoms with E-state index in [2.05, 4.69) is 46.9 Å². The first-order valence-corrected chi connectivity index (χ1v) is 7.71. The molecule has 0 radical (unpaired) electrons. The second-order valence-electron chi connectivity index (χ2n) is 5.73. The highest BCUT2D eigenvalue weighted by Crippen LogP contribution is 2.24. The summed E-state index contributed by atoms with van der Waals surface area (Å²) in [4.78, 5) is 4.18. The van der Waals surface area contributed by atoms with Crippen LogP contribution >= 0.6 is 0 Å². The molecule has 0 bridgehead atoms. The van der Waals surface area contributed by atoms with Crippen molar-refractivity contribution in [2.24, 2.45) is 0 Å². The molecular formula is C17H23N3O. The van der Waals surface area contributed by atoms with Gasteiger partial charge in [0.05, 0.1) is 18.2 Å². The molecule has 4 nitrogen and oxygen atoms in total. The number of aromatic nitrogens is 2. The van der Waals surface area contributed by atoms with Gasteiger partial charge in [0, 0.05) is 24.7 Å². The van der Waals surface area contributed by atoms with Crippen LogP contribution in [0, 0.1) is 6.92 Å². The average molecular weight is 285 g/mol. The molecule has 1 aliphatic rings. The molecule has 1 saturated carbocycles. The Morgan fingerprint density at radius 2 is 2.24 bits per heavy atom. The topological polar surface area (TPSA) is 39.1 Å². The van der Waals surface area contributed by atoms with Crippen molar-refractivity contribution in [1.82, 2.24) is 14.9 Å². The molecule has 0 atom stereocenters. The maximum Gasteiger partial charge on any atom is 0.130 e. The minimum absolute atomic E-state index is 0.563. The fourth-order valence-corrected chi connectivity index (χ4v) is 2.43. The highest BCUT2D eigenvalue weighted by atomic mass is 16.5. The first kappa shape index (κ1) is 14.1. The van der Waals surface area contributed by atoms with Crippen LogP contribution in [0.5, 0.6) is 5.75 Å². The standard InChI is InChI=1S/C17H23N3O/c1-3-20-12-18-10-16(20)11-21-17-7-4-13(2)8-14(17)9-19-15-5-6-15/h4,7-8,10,12,15,19H,3,5-6,9,11H2,1-2H3. The molecule has 2 aromatic rings. The van der Waals surface area contributed by atoms with Crippen LogP contribution in [0.15, 0.2) is 30.7 Å². The maximum absolute atomic E-state index is 6.03. The smallest absolute Gasteiger partial charge is 0.130 e. The average Bonchev–Trinajstić information content (AvgIpc) is 3.21. The van der Waals surface area contributed by atoms with E-state index in [9.17, 15) is 0 Å². The van der Waals surface area contributed by atoms with E-state index in [1.165, 1.54) is 24.0 Å². The summed E-state index contributed by atoms with van der Waals surface area (Å²) in [5.41, 5.74) is 3.62. The molecule has 0 saturated heterocycles. The maximum atomic E-state index is 6.03. The van der Waals surface area contributed by atoms with Crippen molar-refractivity contribution < 1.29 is 4.74 Å². The zero-order chi connectivity index (χ0) is 14.7. The Labute approximate surface area is 126 Å². The van der Waals surface area contributed by atoms with Crippen LogP contribution in [-0.4, -0.2) is 15.6 Å². The summed E-state index contributed by atoms with van der Waals surface area (Å²) >= 11 is 0. The van der Waals surface area contributed by atoms with E-state index in [1.54, 1.807) is 0 Å². The summed E-state index contributed by atoms with van der Waals surface area (Å²) in [5, 5.41) is 3.56. The van der Waals surface area contributed by atoms with Gasteiger partial charge in [-0.3, -0.25) is 0 Å². The minimum Gasteiger partial charge on any atom is -0.487 e. The van der Waals surface area contributed by atoms with Crippen molar-refractivity contribution in [3.8, 4) is 5.75 Å². The molecule has 112 valence electrons. The van der Waals surface area contributed by atoms with Gasteiger partial charge in [-0.1, -0.05) is 17.7 Å². The third-order valence-corrected chi connectivity index (χ3v) is 3.89. The molecule has 0 aliphatic heterocycles. The van der Waals surface area contributed by atoms with Crippen molar-refractivity contribution in [2.45, 2.75) is 52.4 Å². The third-order valence-electron chi connectivity index (χ3n) is 3.89. The fourth-order valence-electron chi connectivity index (χ4n) is 2.43. The van der Waals surface area contributed by atoms with Gasteiger partial charge in [0.25, 0.3) is 0 Å². The molecule has 0 amide bonds. The van der Waals surface area contributed by atoms with E-state index < -0.39 is 0 Å². The minimum atomic E-state index is 0.563. The Balaban J connectivity index is 1.68. The summed E-state index contributed by atoms with van der Waals surface area (Å²) < 4.78 is 8.14. The van der Waals surface area contributed by atoms with Crippen LogP contribution in [0.3, 0.4) is 0 Å². The second-order valence-corrected chi connectivity index (χ2v) is 5.73. The van der Waals surface area contributed by atoms with Crippen LogP contribution in [0.2, 0.25) is 0 Å². The lowest BCUT2D eigenvalue weighted by molar-refractivity contribution is 0.291. The molecule has 0 unspecified atom stereocenters. The number of nitrogens with one attached hydrogen (secondary N) is 1. The zero-order valence-corrected chi connectivity index (χ0v) is 12.8. The highest BCUT2D eigenvalue weighted by Gasteiger charge is 2.20. The van der Waals surface area contributed by atoms with Crippen molar-refractivity contribution in [3.05, 3.63) is 47.5 Å². The Bertz CT molecular complexity index is 602. The highest BCUT2D eigenvalue weighted by molar-refractivity contribution is 5.37. The number of benzene rings is 1. The Morgan fingerprint density at radius 3 is 3.00 bits per heavy atom. The van der Waals surface area contributed by atoms with E-state index in [1.807, 2.05) is 12.5 Å². The molecule has 3 rings (SSSR count). The molecule has 4 heteroatoms. The van der Waals surface area contributed by atoms with Crippen LogP contribution < -0.4 is 10.1 Å². The lowest BCUT2D eigenvalue weighted by Crippen LogP contribution is -2.16. The SMILES string of the molecule is CCn1cncc1COc1ccc(C)cc1CNC1CC1. The van der Waals surface area contributed by atoms with Gasteiger partial charge in [0.2, 0.25) is 0 Å². The molecular weight excluding hydrogens is 262 g/mol. The predicted octanol–water partition coefficient (Wildman–Crippen LogP) is 3.04. The van der Waals surface area contributed by atoms with Crippen LogP contribution in [0.25, 0.3) is 0 Å². The van der Waals surface area contributed by atoms with Gasteiger partial charge in [-0.05, 0) is 32.8 Å². The van der Waals surface area contributed by atoms with Crippen LogP contribution in [0.1, 0.15) is 36.6 Å². The Kier molecular flexibility index (Phi) is 4.25. The number of ether oxygens (including phenoxy) is 1. The molecule has 1 aromatic carbocycles. The largest absolute Gasteiger partial charge is 0.487 e. The van der Waals surface area contributed by atoms with E-state index in [-0.39, 0.29) is 0 Å². The van der Waals surface area contributed by atoms with E-state index in [0.717, 1.165) is 24.5 Å². The zero-order valence-electron chi connectivity index (χ0n) is 12.8. The molecule has 0 spiro atoms. The van der Waals surface area contributed by atoms with Gasteiger partial charge < -0.3 is 14.6 Å². The molecule has 1 heterocycles. The molecule has 1 fully saturated rings. The molecule has 21 heavy (non-hydrogen) atoms. The molecule has 1 aromatic heterocycles. The lowest BCUT2D eigenvalue weighted by Gasteiger charge is -2.13. The van der Waals surface area contributed by atoms with Crippen molar-refractivity contribution >= 4 is 0 Å². The van der Waals surface area contributed by atoms with E-state index in [4.69, 9.17) is 4.74 Å². The lowest BCUT2D eigenvalue weighted by atomic mass is 10.1. The van der Waals surface area contributed by atoms with Gasteiger partial charge in [0.15, 0.2) is 0 Å². The number of rotatable bonds is 7. The number of hydrogen-bond acceptors (Lipinski definition) is 3. The van der Waals surface area contributed by atoms with Gasteiger partial charge in [-0.15, -0.1) is 0 Å². The quantitative estimate of drug-likeness (QED) is 0.850. The van der Waals surface area contributed by atoms with E-state index >= 15 is 0 Å². The summed E-state index contributed by atoms with van der Waals surface area (Å²) in [5.74, 6) is 0.970. The van der Waals surface area contributed by atoms with Gasteiger partial charge in [-0.25, -0.2) is 4.98 Å². The monoisotopic (exact) mass is 285 g/mol. The number of nitrogens with zero attached hydrogens (tertiary/aromatic N) is 2. The first-order valence-electron chi connectivity index (χ1n) is 7.71. The summed E-state index contributed by atoms with van der Waals surface area (Å²) in [6.07, 6.45) is 6.33. The summed E-state index contributed by atoms with van der Waals surface area (Å²) in [7, 11) is 0. The number of hydrogen-bond donors (Lipinski definition) is 1.